The van der Waals surface area contributed by atoms with Gasteiger partial charge in [0.1, 0.15) is 0 Å². The lowest BCUT2D eigenvalue weighted by Gasteiger charge is -2.29. The number of alkyl halides is 3. The molecule has 2 aliphatic rings. The van der Waals surface area contributed by atoms with Crippen LogP contribution < -0.4 is 4.72 Å². The molecule has 0 radical (unpaired) electrons. The van der Waals surface area contributed by atoms with E-state index < -0.39 is 33.4 Å². The van der Waals surface area contributed by atoms with Gasteiger partial charge in [0, 0.05) is 13.1 Å². The number of carbonyl (C=O) groups excluding carboxylic acids is 2. The molecule has 1 aliphatic carbocycles. The van der Waals surface area contributed by atoms with Crippen LogP contribution in [0.5, 0.6) is 0 Å². The Bertz CT molecular complexity index is 1000. The molecule has 6 nitrogen and oxygen atoms in total. The zero-order valence-electron chi connectivity index (χ0n) is 16.6. The van der Waals surface area contributed by atoms with Gasteiger partial charge in [-0.25, -0.2) is 13.1 Å². The van der Waals surface area contributed by atoms with Crippen LogP contribution in [0.2, 0.25) is 0 Å². The van der Waals surface area contributed by atoms with Gasteiger partial charge in [-0.05, 0) is 47.9 Å². The van der Waals surface area contributed by atoms with Crippen LogP contribution in [0.1, 0.15) is 31.4 Å². The van der Waals surface area contributed by atoms with Gasteiger partial charge in [-0.15, -0.1) is 6.58 Å². The molecule has 2 atom stereocenters. The molecule has 1 saturated carbocycles. The number of amides is 2. The molecular weight excluding hydrogens is 421 g/mol. The topological polar surface area (TPSA) is 83.6 Å². The first-order chi connectivity index (χ1) is 13.8. The Morgan fingerprint density at radius 2 is 1.97 bits per heavy atom. The van der Waals surface area contributed by atoms with Gasteiger partial charge in [-0.1, -0.05) is 26.0 Å². The molecule has 1 N–H and O–H groups in total. The van der Waals surface area contributed by atoms with E-state index >= 15 is 0 Å². The Labute approximate surface area is 173 Å². The molecule has 1 heterocycles. The summed E-state index contributed by atoms with van der Waals surface area (Å²) in [4.78, 5) is 24.7. The molecule has 3 rings (SSSR count). The van der Waals surface area contributed by atoms with Gasteiger partial charge in [0.05, 0.1) is 10.3 Å². The van der Waals surface area contributed by atoms with Crippen LogP contribution in [0, 0.1) is 17.3 Å². The minimum atomic E-state index is -4.99. The Morgan fingerprint density at radius 3 is 2.50 bits per heavy atom. The zero-order chi connectivity index (χ0) is 22.5. The number of sulfonamides is 1. The maximum Gasteiger partial charge on any atom is 0.471 e. The van der Waals surface area contributed by atoms with Gasteiger partial charge >= 0.3 is 12.1 Å². The lowest BCUT2D eigenvalue weighted by atomic mass is 9.89. The van der Waals surface area contributed by atoms with Crippen LogP contribution in [-0.2, 0) is 32.6 Å². The van der Waals surface area contributed by atoms with Crippen molar-refractivity contribution in [2.75, 3.05) is 6.54 Å². The van der Waals surface area contributed by atoms with Crippen LogP contribution in [0.25, 0.3) is 0 Å². The molecule has 1 aromatic rings. The van der Waals surface area contributed by atoms with Crippen molar-refractivity contribution < 1.29 is 31.2 Å². The highest BCUT2D eigenvalue weighted by Gasteiger charge is 2.60. The Morgan fingerprint density at radius 1 is 1.30 bits per heavy atom. The number of nitrogens with one attached hydrogen (secondary N) is 1. The van der Waals surface area contributed by atoms with Crippen molar-refractivity contribution in [3.8, 4) is 0 Å². The number of nitrogens with zero attached hydrogens (tertiary/aromatic N) is 1. The second-order valence-corrected chi connectivity index (χ2v) is 9.76. The van der Waals surface area contributed by atoms with E-state index in [-0.39, 0.29) is 36.2 Å². The summed E-state index contributed by atoms with van der Waals surface area (Å²) in [5, 5.41) is 0. The highest BCUT2D eigenvalue weighted by atomic mass is 32.2. The third-order valence-electron chi connectivity index (χ3n) is 6.05. The fourth-order valence-electron chi connectivity index (χ4n) is 4.11. The Kier molecular flexibility index (Phi) is 5.51. The molecule has 0 spiro atoms. The maximum atomic E-state index is 12.8. The minimum absolute atomic E-state index is 0.0961. The molecule has 30 heavy (non-hydrogen) atoms. The molecule has 1 aromatic carbocycles. The highest BCUT2D eigenvalue weighted by molar-refractivity contribution is 7.90. The zero-order valence-corrected chi connectivity index (χ0v) is 17.4. The number of hydrogen-bond donors (Lipinski definition) is 1. The summed E-state index contributed by atoms with van der Waals surface area (Å²) < 4.78 is 65.8. The van der Waals surface area contributed by atoms with E-state index in [4.69, 9.17) is 0 Å². The van der Waals surface area contributed by atoms with E-state index in [2.05, 4.69) is 11.3 Å². The van der Waals surface area contributed by atoms with Crippen molar-refractivity contribution in [3.05, 3.63) is 42.0 Å². The van der Waals surface area contributed by atoms with Crippen LogP contribution in [0.4, 0.5) is 13.2 Å². The normalized spacial score (nSPS) is 23.7. The fourth-order valence-corrected chi connectivity index (χ4v) is 5.21. The largest absolute Gasteiger partial charge is 0.471 e. The molecule has 10 heteroatoms. The molecular formula is C20H23F3N2O4S. The van der Waals surface area contributed by atoms with E-state index in [1.54, 1.807) is 6.08 Å². The first-order valence-electron chi connectivity index (χ1n) is 9.50. The minimum Gasteiger partial charge on any atom is -0.330 e. The van der Waals surface area contributed by atoms with Gasteiger partial charge in [-0.2, -0.15) is 13.2 Å². The summed E-state index contributed by atoms with van der Waals surface area (Å²) in [6.45, 7) is 6.90. The second kappa shape index (κ2) is 7.40. The van der Waals surface area contributed by atoms with Crippen molar-refractivity contribution >= 4 is 21.8 Å². The number of halogens is 3. The van der Waals surface area contributed by atoms with E-state index in [0.717, 1.165) is 0 Å². The monoisotopic (exact) mass is 444 g/mol. The van der Waals surface area contributed by atoms with Crippen molar-refractivity contribution in [2.45, 2.75) is 44.3 Å². The van der Waals surface area contributed by atoms with Crippen molar-refractivity contribution in [2.24, 2.45) is 17.3 Å². The molecule has 1 aliphatic heterocycles. The number of carbonyl (C=O) groups is 2. The maximum absolute atomic E-state index is 12.8. The predicted molar refractivity (Wildman–Crippen MR) is 103 cm³/mol. The first-order valence-corrected chi connectivity index (χ1v) is 11.0. The van der Waals surface area contributed by atoms with Crippen LogP contribution in [0.15, 0.2) is 35.7 Å². The average Bonchev–Trinajstić information content (AvgIpc) is 3.42. The predicted octanol–water partition coefficient (Wildman–Crippen LogP) is 2.79. The lowest BCUT2D eigenvalue weighted by molar-refractivity contribution is -0.186. The number of fused-ring (bicyclic) bond motifs is 1. The Hall–Kier alpha value is -2.36. The van der Waals surface area contributed by atoms with E-state index in [9.17, 15) is 31.2 Å². The quantitative estimate of drug-likeness (QED) is 0.708. The highest BCUT2D eigenvalue weighted by Crippen LogP contribution is 2.58. The number of allylic oxidation sites excluding steroid dienone is 1. The van der Waals surface area contributed by atoms with Crippen molar-refractivity contribution in [1.29, 1.82) is 0 Å². The molecule has 164 valence electrons. The average molecular weight is 444 g/mol. The number of benzene rings is 1. The third-order valence-corrected chi connectivity index (χ3v) is 7.38. The summed E-state index contributed by atoms with van der Waals surface area (Å²) in [7, 11) is -4.23. The number of rotatable bonds is 5. The first kappa shape index (κ1) is 22.3. The molecule has 1 fully saturated rings. The van der Waals surface area contributed by atoms with Crippen molar-refractivity contribution in [1.82, 2.24) is 9.62 Å². The van der Waals surface area contributed by atoms with Crippen LogP contribution in [-0.4, -0.2) is 37.9 Å². The van der Waals surface area contributed by atoms with Crippen LogP contribution in [0.3, 0.4) is 0 Å². The smallest absolute Gasteiger partial charge is 0.330 e. The molecule has 0 saturated heterocycles. The standard InChI is InChI=1S/C20H23F3N2O4S/c1-4-15-10-19(15,12(2)3)17(26)24-30(28,29)16-6-5-13-7-8-25(11-14(13)9-16)18(27)20(21,22)23/h4-6,9,12,15H,1,7-8,10-11H2,2-3H3,(H,24,26)/t15-,19-/m1/s1. The van der Waals surface area contributed by atoms with Gasteiger partial charge in [0.25, 0.3) is 10.0 Å². The van der Waals surface area contributed by atoms with E-state index in [1.807, 2.05) is 13.8 Å². The van der Waals surface area contributed by atoms with Crippen LogP contribution >= 0.6 is 0 Å². The number of hydrogen-bond acceptors (Lipinski definition) is 4. The summed E-state index contributed by atoms with van der Waals surface area (Å²) in [6, 6.07) is 4.04. The Balaban J connectivity index is 1.83. The van der Waals surface area contributed by atoms with Gasteiger partial charge in [0.2, 0.25) is 5.91 Å². The molecule has 2 amide bonds. The SMILES string of the molecule is C=C[C@@H]1C[C@@]1(C(=O)NS(=O)(=O)c1ccc2c(c1)CN(C(=O)C(F)(F)F)CC2)C(C)C. The van der Waals surface area contributed by atoms with Gasteiger partial charge < -0.3 is 4.90 Å². The summed E-state index contributed by atoms with van der Waals surface area (Å²) in [5.74, 6) is -2.79. The molecule has 0 unspecified atom stereocenters. The molecule has 0 bridgehead atoms. The summed E-state index contributed by atoms with van der Waals surface area (Å²) in [6.07, 6.45) is -2.67. The third kappa shape index (κ3) is 3.84. The van der Waals surface area contributed by atoms with Crippen molar-refractivity contribution in [3.63, 3.8) is 0 Å². The second-order valence-electron chi connectivity index (χ2n) is 8.08. The van der Waals surface area contributed by atoms with E-state index in [1.165, 1.54) is 18.2 Å². The summed E-state index contributed by atoms with van der Waals surface area (Å²) >= 11 is 0. The fraction of sp³-hybridized carbons (Fsp3) is 0.500. The lowest BCUT2D eigenvalue weighted by Crippen LogP contribution is -2.43. The van der Waals surface area contributed by atoms with Gasteiger partial charge in [-0.3, -0.25) is 9.59 Å². The summed E-state index contributed by atoms with van der Waals surface area (Å²) in [5.41, 5.74) is 0.140. The van der Waals surface area contributed by atoms with E-state index in [0.29, 0.717) is 22.4 Å². The molecule has 0 aromatic heterocycles. The van der Waals surface area contributed by atoms with Gasteiger partial charge in [0.15, 0.2) is 0 Å².